The smallest absolute Gasteiger partial charge is 0.363 e. The topological polar surface area (TPSA) is 117 Å². The fourth-order valence-electron chi connectivity index (χ4n) is 3.08. The molecule has 0 unspecified atom stereocenters. The fraction of sp³-hybridized carbons (Fsp3) is 0.0417. The highest BCUT2D eigenvalue weighted by Gasteiger charge is 2.25. The van der Waals surface area contributed by atoms with Gasteiger partial charge in [-0.05, 0) is 70.5 Å². The Balaban J connectivity index is 1.66. The second kappa shape index (κ2) is 10.2. The van der Waals surface area contributed by atoms with Gasteiger partial charge < -0.3 is 14.2 Å². The number of non-ortho nitro benzene ring substituents is 1. The number of ether oxygens (including phenoxy) is 3. The molecule has 0 fully saturated rings. The largest absolute Gasteiger partial charge is 0.497 e. The molecule has 0 saturated carbocycles. The van der Waals surface area contributed by atoms with Crippen LogP contribution in [-0.2, 0) is 9.53 Å². The van der Waals surface area contributed by atoms with Crippen molar-refractivity contribution in [1.29, 1.82) is 0 Å². The van der Waals surface area contributed by atoms with Crippen LogP contribution in [0.2, 0.25) is 0 Å². The molecule has 0 N–H and O–H groups in total. The maximum Gasteiger partial charge on any atom is 0.363 e. The number of aliphatic imine (C=N–C) groups is 1. The van der Waals surface area contributed by atoms with Crippen LogP contribution in [0.5, 0.6) is 11.5 Å². The number of hydrogen-bond donors (Lipinski definition) is 0. The number of carbonyl (C=O) groups is 2. The van der Waals surface area contributed by atoms with E-state index in [9.17, 15) is 19.7 Å². The Morgan fingerprint density at radius 3 is 2.40 bits per heavy atom. The van der Waals surface area contributed by atoms with Crippen LogP contribution in [0.15, 0.2) is 80.3 Å². The van der Waals surface area contributed by atoms with Crippen molar-refractivity contribution >= 4 is 61.5 Å². The summed E-state index contributed by atoms with van der Waals surface area (Å²) >= 11 is 6.75. The third-order valence-electron chi connectivity index (χ3n) is 4.80. The number of methoxy groups -OCH3 is 1. The molecule has 176 valence electrons. The van der Waals surface area contributed by atoms with Gasteiger partial charge in [0.1, 0.15) is 5.75 Å². The predicted octanol–water partition coefficient (Wildman–Crippen LogP) is 5.69. The van der Waals surface area contributed by atoms with Gasteiger partial charge in [-0.25, -0.2) is 14.6 Å². The third-order valence-corrected chi connectivity index (χ3v) is 5.84. The molecule has 1 heterocycles. The zero-order valence-electron chi connectivity index (χ0n) is 17.9. The monoisotopic (exact) mass is 600 g/mol. The summed E-state index contributed by atoms with van der Waals surface area (Å²) in [4.78, 5) is 39.7. The minimum atomic E-state index is -0.737. The number of carbonyl (C=O) groups excluding carboxylic acids is 2. The maximum absolute atomic E-state index is 12.7. The van der Waals surface area contributed by atoms with Gasteiger partial charge in [-0.15, -0.1) is 0 Å². The van der Waals surface area contributed by atoms with Gasteiger partial charge in [0, 0.05) is 27.7 Å². The van der Waals surface area contributed by atoms with Gasteiger partial charge in [-0.3, -0.25) is 10.1 Å². The van der Waals surface area contributed by atoms with Crippen molar-refractivity contribution in [3.05, 3.63) is 102 Å². The molecule has 0 spiro atoms. The molecule has 0 amide bonds. The minimum Gasteiger partial charge on any atom is -0.497 e. The van der Waals surface area contributed by atoms with Crippen LogP contribution in [0.3, 0.4) is 0 Å². The molecule has 9 nitrogen and oxygen atoms in total. The molecular formula is C24H14Br2N2O7. The van der Waals surface area contributed by atoms with Crippen LogP contribution in [0.25, 0.3) is 6.08 Å². The van der Waals surface area contributed by atoms with Gasteiger partial charge in [0.25, 0.3) is 5.69 Å². The number of hydrogen-bond acceptors (Lipinski definition) is 8. The summed E-state index contributed by atoms with van der Waals surface area (Å²) in [5.74, 6) is -0.501. The predicted molar refractivity (Wildman–Crippen MR) is 133 cm³/mol. The van der Waals surface area contributed by atoms with E-state index < -0.39 is 16.9 Å². The lowest BCUT2D eigenvalue weighted by Gasteiger charge is -2.11. The Hall–Kier alpha value is -3.83. The Morgan fingerprint density at radius 2 is 1.77 bits per heavy atom. The van der Waals surface area contributed by atoms with Crippen LogP contribution >= 0.6 is 31.9 Å². The molecule has 1 aliphatic rings. The Bertz CT molecular complexity index is 1400. The molecule has 0 aliphatic carbocycles. The average molecular weight is 602 g/mol. The van der Waals surface area contributed by atoms with Crippen molar-refractivity contribution in [1.82, 2.24) is 0 Å². The first-order valence-corrected chi connectivity index (χ1v) is 11.5. The molecule has 0 aromatic heterocycles. The van der Waals surface area contributed by atoms with E-state index in [2.05, 4.69) is 36.9 Å². The fourth-order valence-corrected chi connectivity index (χ4v) is 4.42. The quantitative estimate of drug-likeness (QED) is 0.117. The molecule has 3 aromatic rings. The second-order valence-corrected chi connectivity index (χ2v) is 8.83. The molecular weight excluding hydrogens is 588 g/mol. The number of cyclic esters (lactones) is 1. The minimum absolute atomic E-state index is 0.00783. The first-order chi connectivity index (χ1) is 16.7. The standard InChI is InChI=1S/C24H14Br2N2O7/c1-33-18-8-4-13(5-9-18)22-27-20(24(30)35-22)11-15-10-16(25)12-19(26)21(15)34-23(29)14-2-6-17(7-3-14)28(31)32/h2-12H,1H3/b20-11-. The number of nitro groups is 1. The van der Waals surface area contributed by atoms with E-state index in [1.165, 1.54) is 30.3 Å². The van der Waals surface area contributed by atoms with E-state index >= 15 is 0 Å². The number of nitrogens with zero attached hydrogens (tertiary/aromatic N) is 2. The Morgan fingerprint density at radius 1 is 1.09 bits per heavy atom. The summed E-state index contributed by atoms with van der Waals surface area (Å²) in [6.07, 6.45) is 1.44. The molecule has 3 aromatic carbocycles. The third kappa shape index (κ3) is 5.47. The zero-order chi connectivity index (χ0) is 25.1. The van der Waals surface area contributed by atoms with Gasteiger partial charge >= 0.3 is 11.9 Å². The van der Waals surface area contributed by atoms with Crippen molar-refractivity contribution in [2.75, 3.05) is 7.11 Å². The molecule has 0 bridgehead atoms. The van der Waals surface area contributed by atoms with Gasteiger partial charge in [0.2, 0.25) is 5.90 Å². The summed E-state index contributed by atoms with van der Waals surface area (Å²) in [6.45, 7) is 0. The highest BCUT2D eigenvalue weighted by atomic mass is 79.9. The van der Waals surface area contributed by atoms with Crippen LogP contribution in [0.4, 0.5) is 5.69 Å². The van der Waals surface area contributed by atoms with Crippen LogP contribution in [0.1, 0.15) is 21.5 Å². The second-order valence-electron chi connectivity index (χ2n) is 7.06. The van der Waals surface area contributed by atoms with E-state index in [4.69, 9.17) is 14.2 Å². The van der Waals surface area contributed by atoms with Crippen LogP contribution < -0.4 is 9.47 Å². The highest BCUT2D eigenvalue weighted by molar-refractivity contribution is 9.11. The van der Waals surface area contributed by atoms with Crippen molar-refractivity contribution in [2.24, 2.45) is 4.99 Å². The summed E-state index contributed by atoms with van der Waals surface area (Å²) in [6, 6.07) is 15.2. The summed E-state index contributed by atoms with van der Waals surface area (Å²) in [7, 11) is 1.55. The molecule has 0 atom stereocenters. The molecule has 4 rings (SSSR count). The number of halogens is 2. The van der Waals surface area contributed by atoms with E-state index in [0.717, 1.165) is 0 Å². The molecule has 0 saturated heterocycles. The highest BCUT2D eigenvalue weighted by Crippen LogP contribution is 2.36. The lowest BCUT2D eigenvalue weighted by Crippen LogP contribution is -2.10. The Labute approximate surface area is 215 Å². The molecule has 11 heteroatoms. The first kappa shape index (κ1) is 24.3. The van der Waals surface area contributed by atoms with E-state index in [0.29, 0.717) is 25.8 Å². The zero-order valence-corrected chi connectivity index (χ0v) is 21.0. The number of rotatable bonds is 6. The molecule has 1 aliphatic heterocycles. The van der Waals surface area contributed by atoms with Crippen LogP contribution in [0, 0.1) is 10.1 Å². The Kier molecular flexibility index (Phi) is 7.08. The number of nitro benzene ring substituents is 1. The van der Waals surface area contributed by atoms with Crippen molar-refractivity contribution < 1.29 is 28.7 Å². The number of esters is 2. The molecule has 35 heavy (non-hydrogen) atoms. The van der Waals surface area contributed by atoms with Crippen molar-refractivity contribution in [3.63, 3.8) is 0 Å². The lowest BCUT2D eigenvalue weighted by atomic mass is 10.1. The molecule has 0 radical (unpaired) electrons. The maximum atomic E-state index is 12.7. The van der Waals surface area contributed by atoms with Gasteiger partial charge in [0.05, 0.1) is 22.1 Å². The average Bonchev–Trinajstić information content (AvgIpc) is 3.21. The number of benzene rings is 3. The van der Waals surface area contributed by atoms with Crippen molar-refractivity contribution in [3.8, 4) is 11.5 Å². The first-order valence-electron chi connectivity index (χ1n) is 9.88. The van der Waals surface area contributed by atoms with E-state index in [1.807, 2.05) is 0 Å². The normalized spacial score (nSPS) is 13.9. The van der Waals surface area contributed by atoms with E-state index in [1.54, 1.807) is 43.5 Å². The van der Waals surface area contributed by atoms with Gasteiger partial charge in [-0.1, -0.05) is 15.9 Å². The van der Waals surface area contributed by atoms with Crippen LogP contribution in [-0.4, -0.2) is 29.9 Å². The van der Waals surface area contributed by atoms with Crippen molar-refractivity contribution in [2.45, 2.75) is 0 Å². The lowest BCUT2D eigenvalue weighted by molar-refractivity contribution is -0.384. The van der Waals surface area contributed by atoms with Gasteiger partial charge in [-0.2, -0.15) is 0 Å². The SMILES string of the molecule is COc1ccc(C2=N/C(=C\c3cc(Br)cc(Br)c3OC(=O)c3ccc([N+](=O)[O-])cc3)C(=O)O2)cc1. The van der Waals surface area contributed by atoms with E-state index in [-0.39, 0.29) is 28.6 Å². The summed E-state index contributed by atoms with van der Waals surface area (Å²) in [5.41, 5.74) is 0.926. The van der Waals surface area contributed by atoms with Gasteiger partial charge in [0.15, 0.2) is 11.4 Å². The summed E-state index contributed by atoms with van der Waals surface area (Å²) in [5, 5.41) is 10.8. The summed E-state index contributed by atoms with van der Waals surface area (Å²) < 4.78 is 17.1.